The van der Waals surface area contributed by atoms with E-state index in [1.54, 1.807) is 31.2 Å². The summed E-state index contributed by atoms with van der Waals surface area (Å²) >= 11 is 0. The van der Waals surface area contributed by atoms with Gasteiger partial charge in [0, 0.05) is 6.07 Å². The van der Waals surface area contributed by atoms with E-state index in [0.29, 0.717) is 29.4 Å². The summed E-state index contributed by atoms with van der Waals surface area (Å²) in [7, 11) is 0. The Kier molecular flexibility index (Phi) is 3.44. The molecule has 0 spiro atoms. The molecule has 0 saturated heterocycles. The fourth-order valence-corrected chi connectivity index (χ4v) is 1.43. The van der Waals surface area contributed by atoms with Crippen molar-refractivity contribution in [2.45, 2.75) is 20.1 Å². The molecule has 0 aliphatic rings. The Hall–Kier alpha value is -1.81. The molecule has 0 atom stereocenters. The molecule has 0 amide bonds. The number of halogens is 1. The molecule has 0 unspecified atom stereocenters. The van der Waals surface area contributed by atoms with E-state index in [0.717, 1.165) is 0 Å². The van der Waals surface area contributed by atoms with Gasteiger partial charge in [0.25, 0.3) is 0 Å². The minimum absolute atomic E-state index is 0.266. The molecule has 0 fully saturated rings. The molecular formula is C13H14FNO2. The van der Waals surface area contributed by atoms with Crippen LogP contribution >= 0.6 is 0 Å². The zero-order chi connectivity index (χ0) is 12.3. The van der Waals surface area contributed by atoms with Gasteiger partial charge in [-0.15, -0.1) is 0 Å². The predicted molar refractivity (Wildman–Crippen MR) is 62.1 cm³/mol. The van der Waals surface area contributed by atoms with Gasteiger partial charge in [-0.1, -0.05) is 6.07 Å². The summed E-state index contributed by atoms with van der Waals surface area (Å²) in [5.41, 5.74) is 6.02. The molecule has 0 radical (unpaired) electrons. The van der Waals surface area contributed by atoms with Gasteiger partial charge in [-0.2, -0.15) is 0 Å². The van der Waals surface area contributed by atoms with Crippen molar-refractivity contribution < 1.29 is 13.5 Å². The van der Waals surface area contributed by atoms with E-state index in [2.05, 4.69) is 0 Å². The second-order valence-corrected chi connectivity index (χ2v) is 3.77. The first-order valence-corrected chi connectivity index (χ1v) is 5.35. The summed E-state index contributed by atoms with van der Waals surface area (Å²) in [4.78, 5) is 0. The lowest BCUT2D eigenvalue weighted by molar-refractivity contribution is 0.265. The molecule has 2 aromatic rings. The Morgan fingerprint density at radius 1 is 1.24 bits per heavy atom. The van der Waals surface area contributed by atoms with E-state index in [4.69, 9.17) is 14.9 Å². The molecule has 90 valence electrons. The van der Waals surface area contributed by atoms with Gasteiger partial charge in [0.1, 0.15) is 29.7 Å². The van der Waals surface area contributed by atoms with E-state index in [1.807, 2.05) is 0 Å². The van der Waals surface area contributed by atoms with Crippen LogP contribution in [-0.4, -0.2) is 0 Å². The standard InChI is InChI=1S/C13H14FNO2/c1-9-2-3-10(6-13(9)14)16-8-12-5-4-11(7-15)17-12/h2-6H,7-8,15H2,1H3. The van der Waals surface area contributed by atoms with Crippen LogP contribution in [0, 0.1) is 12.7 Å². The molecular weight excluding hydrogens is 221 g/mol. The van der Waals surface area contributed by atoms with E-state index >= 15 is 0 Å². The fourth-order valence-electron chi connectivity index (χ4n) is 1.43. The van der Waals surface area contributed by atoms with Crippen molar-refractivity contribution in [3.63, 3.8) is 0 Å². The third-order valence-corrected chi connectivity index (χ3v) is 2.44. The van der Waals surface area contributed by atoms with Crippen molar-refractivity contribution in [1.29, 1.82) is 0 Å². The molecule has 1 aromatic heterocycles. The van der Waals surface area contributed by atoms with Crippen LogP contribution in [0.25, 0.3) is 0 Å². The van der Waals surface area contributed by atoms with Crippen molar-refractivity contribution in [3.8, 4) is 5.75 Å². The lowest BCUT2D eigenvalue weighted by atomic mass is 10.2. The van der Waals surface area contributed by atoms with Crippen LogP contribution in [-0.2, 0) is 13.2 Å². The van der Waals surface area contributed by atoms with Gasteiger partial charge < -0.3 is 14.9 Å². The van der Waals surface area contributed by atoms with Crippen molar-refractivity contribution in [2.75, 3.05) is 0 Å². The lowest BCUT2D eigenvalue weighted by Crippen LogP contribution is -1.96. The number of hydrogen-bond donors (Lipinski definition) is 1. The second-order valence-electron chi connectivity index (χ2n) is 3.77. The number of furan rings is 1. The minimum atomic E-state index is -0.274. The van der Waals surface area contributed by atoms with Crippen LogP contribution in [0.1, 0.15) is 17.1 Å². The zero-order valence-corrected chi connectivity index (χ0v) is 9.57. The zero-order valence-electron chi connectivity index (χ0n) is 9.57. The van der Waals surface area contributed by atoms with Crippen LogP contribution in [0.5, 0.6) is 5.75 Å². The van der Waals surface area contributed by atoms with Crippen molar-refractivity contribution in [1.82, 2.24) is 0 Å². The molecule has 0 aliphatic heterocycles. The molecule has 3 nitrogen and oxygen atoms in total. The third-order valence-electron chi connectivity index (χ3n) is 2.44. The quantitative estimate of drug-likeness (QED) is 0.886. The molecule has 0 bridgehead atoms. The molecule has 1 heterocycles. The Morgan fingerprint density at radius 3 is 2.65 bits per heavy atom. The summed E-state index contributed by atoms with van der Waals surface area (Å²) in [5.74, 6) is 1.59. The number of nitrogens with two attached hydrogens (primary N) is 1. The summed E-state index contributed by atoms with van der Waals surface area (Å²) < 4.78 is 24.0. The van der Waals surface area contributed by atoms with E-state index < -0.39 is 0 Å². The molecule has 2 N–H and O–H groups in total. The van der Waals surface area contributed by atoms with Gasteiger partial charge in [-0.25, -0.2) is 4.39 Å². The maximum absolute atomic E-state index is 13.2. The van der Waals surface area contributed by atoms with Gasteiger partial charge in [-0.05, 0) is 30.7 Å². The minimum Gasteiger partial charge on any atom is -0.486 e. The monoisotopic (exact) mass is 235 g/mol. The Labute approximate surface area is 99.0 Å². The maximum atomic E-state index is 13.2. The smallest absolute Gasteiger partial charge is 0.146 e. The largest absolute Gasteiger partial charge is 0.486 e. The summed E-state index contributed by atoms with van der Waals surface area (Å²) in [6, 6.07) is 8.37. The predicted octanol–water partition coefficient (Wildman–Crippen LogP) is 2.76. The molecule has 1 aromatic carbocycles. The van der Waals surface area contributed by atoms with E-state index in [1.165, 1.54) is 6.07 Å². The highest BCUT2D eigenvalue weighted by atomic mass is 19.1. The number of aryl methyl sites for hydroxylation is 1. The molecule has 0 aliphatic carbocycles. The van der Waals surface area contributed by atoms with Gasteiger partial charge in [0.2, 0.25) is 0 Å². The van der Waals surface area contributed by atoms with Crippen LogP contribution in [0.4, 0.5) is 4.39 Å². The average Bonchev–Trinajstić information content (AvgIpc) is 2.79. The number of benzene rings is 1. The highest BCUT2D eigenvalue weighted by Crippen LogP contribution is 2.17. The fraction of sp³-hybridized carbons (Fsp3) is 0.231. The molecule has 17 heavy (non-hydrogen) atoms. The van der Waals surface area contributed by atoms with Crippen LogP contribution in [0.15, 0.2) is 34.7 Å². The van der Waals surface area contributed by atoms with Gasteiger partial charge >= 0.3 is 0 Å². The normalized spacial score (nSPS) is 10.5. The third kappa shape index (κ3) is 2.85. The highest BCUT2D eigenvalue weighted by molar-refractivity contribution is 5.28. The maximum Gasteiger partial charge on any atom is 0.146 e. The van der Waals surface area contributed by atoms with Crippen LogP contribution in [0.2, 0.25) is 0 Å². The first-order chi connectivity index (χ1) is 8.19. The molecule has 4 heteroatoms. The number of ether oxygens (including phenoxy) is 1. The van der Waals surface area contributed by atoms with Crippen LogP contribution < -0.4 is 10.5 Å². The number of rotatable bonds is 4. The summed E-state index contributed by atoms with van der Waals surface area (Å²) in [5, 5.41) is 0. The molecule has 0 saturated carbocycles. The Morgan fingerprint density at radius 2 is 2.00 bits per heavy atom. The van der Waals surface area contributed by atoms with E-state index in [9.17, 15) is 4.39 Å². The molecule has 2 rings (SSSR count). The van der Waals surface area contributed by atoms with Crippen molar-refractivity contribution in [2.24, 2.45) is 5.73 Å². The Balaban J connectivity index is 1.99. The second kappa shape index (κ2) is 5.01. The topological polar surface area (TPSA) is 48.4 Å². The van der Waals surface area contributed by atoms with Crippen LogP contribution in [0.3, 0.4) is 0 Å². The summed E-state index contributed by atoms with van der Waals surface area (Å²) in [6.45, 7) is 2.33. The highest BCUT2D eigenvalue weighted by Gasteiger charge is 2.03. The van der Waals surface area contributed by atoms with Gasteiger partial charge in [0.15, 0.2) is 0 Å². The van der Waals surface area contributed by atoms with Gasteiger partial charge in [0.05, 0.1) is 6.54 Å². The van der Waals surface area contributed by atoms with Gasteiger partial charge in [-0.3, -0.25) is 0 Å². The van der Waals surface area contributed by atoms with Crippen molar-refractivity contribution >= 4 is 0 Å². The number of hydrogen-bond acceptors (Lipinski definition) is 3. The summed E-state index contributed by atoms with van der Waals surface area (Å²) in [6.07, 6.45) is 0. The lowest BCUT2D eigenvalue weighted by Gasteiger charge is -2.05. The first kappa shape index (κ1) is 11.7. The SMILES string of the molecule is Cc1ccc(OCc2ccc(CN)o2)cc1F. The van der Waals surface area contributed by atoms with E-state index in [-0.39, 0.29) is 12.4 Å². The Bertz CT molecular complexity index is 508. The average molecular weight is 235 g/mol. The first-order valence-electron chi connectivity index (χ1n) is 5.35. The van der Waals surface area contributed by atoms with Crippen molar-refractivity contribution in [3.05, 3.63) is 53.2 Å².